The molecule has 1 aromatic carbocycles. The Labute approximate surface area is 128 Å². The zero-order valence-electron chi connectivity index (χ0n) is 12.0. The highest BCUT2D eigenvalue weighted by Crippen LogP contribution is 2.24. The first-order valence-electron chi connectivity index (χ1n) is 7.13. The molecule has 0 amide bonds. The summed E-state index contributed by atoms with van der Waals surface area (Å²) in [5, 5.41) is 7.34. The molecular weight excluding hydrogens is 286 g/mol. The Balaban J connectivity index is 1.54. The summed E-state index contributed by atoms with van der Waals surface area (Å²) in [7, 11) is 0. The van der Waals surface area contributed by atoms with Crippen molar-refractivity contribution in [3.63, 3.8) is 0 Å². The molecule has 1 atom stereocenters. The van der Waals surface area contributed by atoms with Gasteiger partial charge in [-0.2, -0.15) is 4.98 Å². The summed E-state index contributed by atoms with van der Waals surface area (Å²) in [4.78, 5) is 5.70. The number of morpholine rings is 1. The maximum absolute atomic E-state index is 5.64. The topological polar surface area (TPSA) is 60.2 Å². The molecule has 0 spiro atoms. The molecule has 3 rings (SSSR count). The molecule has 21 heavy (non-hydrogen) atoms. The van der Waals surface area contributed by atoms with Crippen molar-refractivity contribution in [1.82, 2.24) is 15.5 Å². The summed E-state index contributed by atoms with van der Waals surface area (Å²) >= 11 is 1.73. The molecule has 5 nitrogen and oxygen atoms in total. The van der Waals surface area contributed by atoms with Crippen LogP contribution in [0.3, 0.4) is 0 Å². The lowest BCUT2D eigenvalue weighted by Crippen LogP contribution is -2.39. The third-order valence-corrected chi connectivity index (χ3v) is 4.54. The van der Waals surface area contributed by atoms with Gasteiger partial charge in [0.15, 0.2) is 5.82 Å². The Bertz CT molecular complexity index is 582. The standard InChI is InChI=1S/C15H19N3O2S/c1-11-4-2-3-5-13(11)21-10-14-17-15(20-18-14)8-12-9-16-6-7-19-12/h2-5,12,16H,6-10H2,1H3. The van der Waals surface area contributed by atoms with E-state index in [0.717, 1.165) is 31.3 Å². The van der Waals surface area contributed by atoms with Gasteiger partial charge in [0, 0.05) is 18.0 Å². The van der Waals surface area contributed by atoms with Crippen LogP contribution < -0.4 is 5.32 Å². The second-order valence-corrected chi connectivity index (χ2v) is 6.08. The summed E-state index contributed by atoms with van der Waals surface area (Å²) in [5.74, 6) is 2.11. The van der Waals surface area contributed by atoms with E-state index in [1.807, 2.05) is 12.1 Å². The van der Waals surface area contributed by atoms with Crippen LogP contribution in [0.4, 0.5) is 0 Å². The van der Waals surface area contributed by atoms with E-state index in [2.05, 4.69) is 34.5 Å². The van der Waals surface area contributed by atoms with E-state index in [1.54, 1.807) is 11.8 Å². The number of aromatic nitrogens is 2. The number of nitrogens with one attached hydrogen (secondary N) is 1. The van der Waals surface area contributed by atoms with Crippen LogP contribution in [0.15, 0.2) is 33.7 Å². The number of hydrogen-bond donors (Lipinski definition) is 1. The number of aryl methyl sites for hydroxylation is 1. The third-order valence-electron chi connectivity index (χ3n) is 3.37. The summed E-state index contributed by atoms with van der Waals surface area (Å²) < 4.78 is 10.9. The maximum atomic E-state index is 5.64. The first-order chi connectivity index (χ1) is 10.3. The quantitative estimate of drug-likeness (QED) is 0.855. The lowest BCUT2D eigenvalue weighted by Gasteiger charge is -2.21. The van der Waals surface area contributed by atoms with Gasteiger partial charge in [-0.15, -0.1) is 11.8 Å². The molecule has 2 aromatic rings. The Kier molecular flexibility index (Phi) is 4.90. The number of nitrogens with zero attached hydrogens (tertiary/aromatic N) is 2. The molecule has 1 aliphatic heterocycles. The molecular formula is C15H19N3O2S. The highest BCUT2D eigenvalue weighted by molar-refractivity contribution is 7.98. The van der Waals surface area contributed by atoms with Crippen molar-refractivity contribution in [2.45, 2.75) is 30.1 Å². The smallest absolute Gasteiger partial charge is 0.229 e. The van der Waals surface area contributed by atoms with Gasteiger partial charge in [0.25, 0.3) is 0 Å². The minimum Gasteiger partial charge on any atom is -0.375 e. The minimum atomic E-state index is 0.135. The molecule has 1 unspecified atom stereocenters. The Morgan fingerprint density at radius 2 is 2.29 bits per heavy atom. The highest BCUT2D eigenvalue weighted by atomic mass is 32.2. The van der Waals surface area contributed by atoms with E-state index in [4.69, 9.17) is 9.26 Å². The summed E-state index contributed by atoms with van der Waals surface area (Å²) in [6, 6.07) is 8.31. The zero-order chi connectivity index (χ0) is 14.5. The van der Waals surface area contributed by atoms with Crippen LogP contribution >= 0.6 is 11.8 Å². The molecule has 112 valence electrons. The van der Waals surface area contributed by atoms with Crippen molar-refractivity contribution in [1.29, 1.82) is 0 Å². The fourth-order valence-corrected chi connectivity index (χ4v) is 3.11. The molecule has 2 heterocycles. The number of benzene rings is 1. The Morgan fingerprint density at radius 1 is 1.38 bits per heavy atom. The fourth-order valence-electron chi connectivity index (χ4n) is 2.24. The predicted molar refractivity (Wildman–Crippen MR) is 81.4 cm³/mol. The summed E-state index contributed by atoms with van der Waals surface area (Å²) in [6.07, 6.45) is 0.811. The molecule has 1 saturated heterocycles. The zero-order valence-corrected chi connectivity index (χ0v) is 12.9. The van der Waals surface area contributed by atoms with E-state index in [1.165, 1.54) is 10.5 Å². The van der Waals surface area contributed by atoms with Gasteiger partial charge in [-0.3, -0.25) is 0 Å². The number of thioether (sulfide) groups is 1. The van der Waals surface area contributed by atoms with Crippen molar-refractivity contribution < 1.29 is 9.26 Å². The molecule has 0 bridgehead atoms. The monoisotopic (exact) mass is 305 g/mol. The molecule has 1 aliphatic rings. The Morgan fingerprint density at radius 3 is 3.10 bits per heavy atom. The second kappa shape index (κ2) is 7.06. The van der Waals surface area contributed by atoms with E-state index in [9.17, 15) is 0 Å². The van der Waals surface area contributed by atoms with Crippen LogP contribution in [0.1, 0.15) is 17.3 Å². The first kappa shape index (κ1) is 14.6. The van der Waals surface area contributed by atoms with Crippen LogP contribution in [0.2, 0.25) is 0 Å². The van der Waals surface area contributed by atoms with Gasteiger partial charge in [-0.25, -0.2) is 0 Å². The average Bonchev–Trinajstić information content (AvgIpc) is 2.95. The highest BCUT2D eigenvalue weighted by Gasteiger charge is 2.17. The summed E-state index contributed by atoms with van der Waals surface area (Å²) in [6.45, 7) is 4.61. The second-order valence-electron chi connectivity index (χ2n) is 5.06. The lowest BCUT2D eigenvalue weighted by atomic mass is 10.2. The lowest BCUT2D eigenvalue weighted by molar-refractivity contribution is 0.0246. The van der Waals surface area contributed by atoms with Crippen LogP contribution in [0, 0.1) is 6.92 Å². The van der Waals surface area contributed by atoms with Gasteiger partial charge in [0.05, 0.1) is 24.9 Å². The van der Waals surface area contributed by atoms with Crippen LogP contribution in [0.5, 0.6) is 0 Å². The molecule has 1 fully saturated rings. The molecule has 0 saturated carbocycles. The SMILES string of the molecule is Cc1ccccc1SCc1noc(CC2CNCCO2)n1. The molecule has 0 radical (unpaired) electrons. The number of ether oxygens (including phenoxy) is 1. The average molecular weight is 305 g/mol. The van der Waals surface area contributed by atoms with Crippen molar-refractivity contribution >= 4 is 11.8 Å². The van der Waals surface area contributed by atoms with Gasteiger partial charge in [-0.1, -0.05) is 23.4 Å². The normalized spacial score (nSPS) is 18.8. The van der Waals surface area contributed by atoms with Crippen LogP contribution in [0.25, 0.3) is 0 Å². The van der Waals surface area contributed by atoms with Crippen molar-refractivity contribution in [2.75, 3.05) is 19.7 Å². The third kappa shape index (κ3) is 4.06. The van der Waals surface area contributed by atoms with E-state index >= 15 is 0 Å². The molecule has 1 aromatic heterocycles. The van der Waals surface area contributed by atoms with Gasteiger partial charge >= 0.3 is 0 Å². The maximum Gasteiger partial charge on any atom is 0.229 e. The van der Waals surface area contributed by atoms with E-state index in [0.29, 0.717) is 12.3 Å². The number of rotatable bonds is 5. The van der Waals surface area contributed by atoms with E-state index in [-0.39, 0.29) is 6.10 Å². The van der Waals surface area contributed by atoms with E-state index < -0.39 is 0 Å². The summed E-state index contributed by atoms with van der Waals surface area (Å²) in [5.41, 5.74) is 1.27. The molecule has 0 aliphatic carbocycles. The largest absolute Gasteiger partial charge is 0.375 e. The first-order valence-corrected chi connectivity index (χ1v) is 8.12. The van der Waals surface area contributed by atoms with Crippen molar-refractivity contribution in [3.05, 3.63) is 41.5 Å². The van der Waals surface area contributed by atoms with Gasteiger partial charge in [0.2, 0.25) is 5.89 Å². The van der Waals surface area contributed by atoms with Gasteiger partial charge < -0.3 is 14.6 Å². The number of hydrogen-bond acceptors (Lipinski definition) is 6. The molecule has 6 heteroatoms. The van der Waals surface area contributed by atoms with Crippen molar-refractivity contribution in [3.8, 4) is 0 Å². The van der Waals surface area contributed by atoms with Gasteiger partial charge in [-0.05, 0) is 18.6 Å². The van der Waals surface area contributed by atoms with Crippen molar-refractivity contribution in [2.24, 2.45) is 0 Å². The molecule has 1 N–H and O–H groups in total. The van der Waals surface area contributed by atoms with Crippen LogP contribution in [-0.2, 0) is 16.9 Å². The Hall–Kier alpha value is -1.37. The minimum absolute atomic E-state index is 0.135. The fraction of sp³-hybridized carbons (Fsp3) is 0.467. The van der Waals surface area contributed by atoms with Gasteiger partial charge in [0.1, 0.15) is 0 Å². The van der Waals surface area contributed by atoms with Crippen LogP contribution in [-0.4, -0.2) is 35.9 Å². The predicted octanol–water partition coefficient (Wildman–Crippen LogP) is 2.20.